The first-order valence-corrected chi connectivity index (χ1v) is 12.8. The number of aliphatic hydroxyl groups is 1. The van der Waals surface area contributed by atoms with Crippen LogP contribution in [0.4, 0.5) is 4.39 Å². The number of hydrogen-bond acceptors (Lipinski definition) is 7. The Kier molecular flexibility index (Phi) is 8.50. The Bertz CT molecular complexity index is 1420. The summed E-state index contributed by atoms with van der Waals surface area (Å²) >= 11 is 3.53. The van der Waals surface area contributed by atoms with Crippen molar-refractivity contribution in [1.29, 1.82) is 0 Å². The molecule has 2 unspecified atom stereocenters. The Morgan fingerprint density at radius 3 is 2.42 bits per heavy atom. The molecule has 4 rings (SSSR count). The van der Waals surface area contributed by atoms with Gasteiger partial charge in [-0.2, -0.15) is 0 Å². The van der Waals surface area contributed by atoms with Crippen LogP contribution in [0.25, 0.3) is 10.9 Å². The van der Waals surface area contributed by atoms with E-state index in [9.17, 15) is 5.11 Å². The fraction of sp³-hybridized carbons (Fsp3) is 0.310. The number of pyridine rings is 2. The van der Waals surface area contributed by atoms with E-state index >= 15 is 4.39 Å². The van der Waals surface area contributed by atoms with Crippen LogP contribution in [0, 0.1) is 5.82 Å². The van der Waals surface area contributed by atoms with Gasteiger partial charge in [0, 0.05) is 45.4 Å². The molecule has 0 radical (unpaired) electrons. The van der Waals surface area contributed by atoms with Gasteiger partial charge in [-0.3, -0.25) is 0 Å². The molecule has 0 aliphatic heterocycles. The Labute approximate surface area is 230 Å². The molecule has 7 nitrogen and oxygen atoms in total. The number of hydrogen-bond donors (Lipinski definition) is 1. The molecule has 0 fully saturated rings. The minimum Gasteiger partial charge on any atom is -0.494 e. The van der Waals surface area contributed by atoms with Crippen LogP contribution >= 0.6 is 15.9 Å². The van der Waals surface area contributed by atoms with Crippen LogP contribution in [0.3, 0.4) is 0 Å². The van der Waals surface area contributed by atoms with Crippen LogP contribution in [0.2, 0.25) is 0 Å². The van der Waals surface area contributed by atoms with Gasteiger partial charge in [0.2, 0.25) is 11.8 Å². The first kappa shape index (κ1) is 27.8. The molecule has 0 saturated heterocycles. The summed E-state index contributed by atoms with van der Waals surface area (Å²) in [6.07, 6.45) is 1.83. The quantitative estimate of drug-likeness (QED) is 0.263. The molecule has 2 aromatic heterocycles. The average molecular weight is 584 g/mol. The number of fused-ring (bicyclic) bond motifs is 1. The third-order valence-corrected chi connectivity index (χ3v) is 7.15. The number of benzene rings is 2. The highest BCUT2D eigenvalue weighted by Crippen LogP contribution is 2.49. The molecule has 0 amide bonds. The monoisotopic (exact) mass is 583 g/mol. The summed E-state index contributed by atoms with van der Waals surface area (Å²) in [6, 6.07) is 15.9. The lowest BCUT2D eigenvalue weighted by atomic mass is 9.71. The molecule has 1 N–H and O–H groups in total. The molecular formula is C29H31BrFN3O4. The first-order chi connectivity index (χ1) is 18.2. The molecule has 0 spiro atoms. The summed E-state index contributed by atoms with van der Waals surface area (Å²) in [5.41, 5.74) is 0.370. The third-order valence-electron chi connectivity index (χ3n) is 6.66. The number of rotatable bonds is 10. The van der Waals surface area contributed by atoms with E-state index in [1.54, 1.807) is 36.5 Å². The van der Waals surface area contributed by atoms with E-state index in [0.29, 0.717) is 29.1 Å². The van der Waals surface area contributed by atoms with Gasteiger partial charge in [0.05, 0.1) is 32.8 Å². The molecule has 0 aliphatic rings. The minimum atomic E-state index is -1.62. The molecule has 0 saturated carbocycles. The number of nitrogens with zero attached hydrogens (tertiary/aromatic N) is 3. The number of aromatic nitrogens is 2. The molecule has 200 valence electrons. The Balaban J connectivity index is 2.07. The zero-order valence-electron chi connectivity index (χ0n) is 22.0. The van der Waals surface area contributed by atoms with Crippen molar-refractivity contribution >= 4 is 26.8 Å². The van der Waals surface area contributed by atoms with Gasteiger partial charge in [-0.1, -0.05) is 28.1 Å². The lowest BCUT2D eigenvalue weighted by Crippen LogP contribution is -2.38. The Morgan fingerprint density at radius 1 is 1.00 bits per heavy atom. The molecular weight excluding hydrogens is 553 g/mol. The molecule has 0 bridgehead atoms. The van der Waals surface area contributed by atoms with E-state index in [1.165, 1.54) is 21.3 Å². The minimum absolute atomic E-state index is 0.0748. The van der Waals surface area contributed by atoms with E-state index in [4.69, 9.17) is 19.2 Å². The van der Waals surface area contributed by atoms with Gasteiger partial charge >= 0.3 is 0 Å². The maximum Gasteiger partial charge on any atom is 0.217 e. The average Bonchev–Trinajstić information content (AvgIpc) is 2.92. The Hall–Kier alpha value is -3.27. The van der Waals surface area contributed by atoms with Gasteiger partial charge in [-0.15, -0.1) is 0 Å². The molecule has 0 aliphatic carbocycles. The number of ether oxygens (including phenoxy) is 3. The largest absolute Gasteiger partial charge is 0.494 e. The van der Waals surface area contributed by atoms with Crippen molar-refractivity contribution in [3.05, 3.63) is 87.8 Å². The van der Waals surface area contributed by atoms with Crippen LogP contribution in [0.15, 0.2) is 65.3 Å². The predicted molar refractivity (Wildman–Crippen MR) is 149 cm³/mol. The van der Waals surface area contributed by atoms with Crippen molar-refractivity contribution in [2.45, 2.75) is 17.9 Å². The lowest BCUT2D eigenvalue weighted by Gasteiger charge is -2.38. The van der Waals surface area contributed by atoms with E-state index in [-0.39, 0.29) is 23.6 Å². The molecule has 9 heteroatoms. The van der Waals surface area contributed by atoms with Gasteiger partial charge in [-0.25, -0.2) is 14.4 Å². The summed E-state index contributed by atoms with van der Waals surface area (Å²) < 4.78 is 33.2. The van der Waals surface area contributed by atoms with E-state index in [0.717, 1.165) is 9.86 Å². The normalized spacial score (nSPS) is 13.8. The highest BCUT2D eigenvalue weighted by Gasteiger charge is 2.44. The molecule has 2 aromatic carbocycles. The maximum absolute atomic E-state index is 16.0. The van der Waals surface area contributed by atoms with Gasteiger partial charge in [0.25, 0.3) is 0 Å². The molecule has 2 heterocycles. The second-order valence-electron chi connectivity index (χ2n) is 9.29. The topological polar surface area (TPSA) is 76.9 Å². The van der Waals surface area contributed by atoms with Crippen molar-refractivity contribution in [2.75, 3.05) is 42.0 Å². The maximum atomic E-state index is 16.0. The fourth-order valence-electron chi connectivity index (χ4n) is 4.71. The van der Waals surface area contributed by atoms with Crippen LogP contribution in [-0.2, 0) is 5.60 Å². The fourth-order valence-corrected chi connectivity index (χ4v) is 5.09. The SMILES string of the molecule is COc1ccc(C(O)(CCN(C)C)C(c2cc3cc(Br)ccc3nc2OC)c2cccc(OC)c2F)cn1. The van der Waals surface area contributed by atoms with Crippen molar-refractivity contribution in [3.8, 4) is 17.5 Å². The first-order valence-electron chi connectivity index (χ1n) is 12.1. The van der Waals surface area contributed by atoms with Gasteiger partial charge in [-0.05, 0) is 56.9 Å². The molecule has 4 aromatic rings. The third kappa shape index (κ3) is 5.45. The van der Waals surface area contributed by atoms with Gasteiger partial charge < -0.3 is 24.2 Å². The second-order valence-corrected chi connectivity index (χ2v) is 10.2. The van der Waals surface area contributed by atoms with Crippen molar-refractivity contribution in [3.63, 3.8) is 0 Å². The number of halogens is 2. The zero-order chi connectivity index (χ0) is 27.4. The predicted octanol–water partition coefficient (Wildman–Crippen LogP) is 5.53. The summed E-state index contributed by atoms with van der Waals surface area (Å²) in [7, 11) is 8.30. The summed E-state index contributed by atoms with van der Waals surface area (Å²) in [4.78, 5) is 11.0. The van der Waals surface area contributed by atoms with Gasteiger partial charge in [0.1, 0.15) is 5.60 Å². The lowest BCUT2D eigenvalue weighted by molar-refractivity contribution is 0.00245. The van der Waals surface area contributed by atoms with E-state index in [2.05, 4.69) is 20.9 Å². The van der Waals surface area contributed by atoms with Gasteiger partial charge in [0.15, 0.2) is 11.6 Å². The Morgan fingerprint density at radius 2 is 1.79 bits per heavy atom. The van der Waals surface area contributed by atoms with Crippen LogP contribution in [-0.4, -0.2) is 61.9 Å². The number of methoxy groups -OCH3 is 3. The van der Waals surface area contributed by atoms with E-state index < -0.39 is 17.3 Å². The summed E-state index contributed by atoms with van der Waals surface area (Å²) in [6.45, 7) is 0.513. The van der Waals surface area contributed by atoms with E-state index in [1.807, 2.05) is 43.3 Å². The standard InChI is InChI=1S/C29H31BrFN3O4/c1-34(2)14-13-29(35,19-9-12-25(37-4)32-17-19)26(21-7-6-8-24(36-3)27(21)31)22-16-18-15-20(30)10-11-23(18)33-28(22)38-5/h6-12,15-17,26,35H,13-14H2,1-5H3. The van der Waals surface area contributed by atoms with Crippen molar-refractivity contribution < 1.29 is 23.7 Å². The molecule has 38 heavy (non-hydrogen) atoms. The smallest absolute Gasteiger partial charge is 0.217 e. The summed E-state index contributed by atoms with van der Waals surface area (Å²) in [5.74, 6) is -0.732. The second kappa shape index (κ2) is 11.6. The highest BCUT2D eigenvalue weighted by molar-refractivity contribution is 9.10. The highest BCUT2D eigenvalue weighted by atomic mass is 79.9. The summed E-state index contributed by atoms with van der Waals surface area (Å²) in [5, 5.41) is 13.5. The van der Waals surface area contributed by atoms with Crippen molar-refractivity contribution in [1.82, 2.24) is 14.9 Å². The van der Waals surface area contributed by atoms with Crippen LogP contribution < -0.4 is 14.2 Å². The van der Waals surface area contributed by atoms with Crippen LogP contribution in [0.5, 0.6) is 17.5 Å². The van der Waals surface area contributed by atoms with Crippen molar-refractivity contribution in [2.24, 2.45) is 0 Å². The van der Waals surface area contributed by atoms with Crippen LogP contribution in [0.1, 0.15) is 29.0 Å². The molecule has 2 atom stereocenters. The zero-order valence-corrected chi connectivity index (χ0v) is 23.6.